The van der Waals surface area contributed by atoms with Gasteiger partial charge in [0.25, 0.3) is 0 Å². The molecular weight excluding hydrogens is 330 g/mol. The Morgan fingerprint density at radius 3 is 2.85 bits per heavy atom. The summed E-state index contributed by atoms with van der Waals surface area (Å²) in [7, 11) is 0. The summed E-state index contributed by atoms with van der Waals surface area (Å²) in [6.07, 6.45) is 3.66. The summed E-state index contributed by atoms with van der Waals surface area (Å²) in [6.45, 7) is 4.29. The first-order chi connectivity index (χ1) is 12.6. The first-order valence-corrected chi connectivity index (χ1v) is 8.97. The van der Waals surface area contributed by atoms with Gasteiger partial charge in [0, 0.05) is 13.1 Å². The fourth-order valence-electron chi connectivity index (χ4n) is 3.66. The second-order valence-corrected chi connectivity index (χ2v) is 7.10. The first-order valence-electron chi connectivity index (χ1n) is 8.97. The zero-order valence-corrected chi connectivity index (χ0v) is 14.9. The molecule has 0 amide bonds. The van der Waals surface area contributed by atoms with Gasteiger partial charge in [-0.3, -0.25) is 4.90 Å². The van der Waals surface area contributed by atoms with Crippen LogP contribution >= 0.6 is 0 Å². The van der Waals surface area contributed by atoms with Crippen LogP contribution in [0.2, 0.25) is 0 Å². The highest BCUT2D eigenvalue weighted by molar-refractivity contribution is 5.56. The molecule has 1 unspecified atom stereocenters. The summed E-state index contributed by atoms with van der Waals surface area (Å²) in [4.78, 5) is 6.73. The average molecular weight is 353 g/mol. The number of likely N-dealkylation sites (tertiary alicyclic amines) is 1. The fraction of sp³-hybridized carbons (Fsp3) is 0.400. The molecule has 3 heterocycles. The number of aryl methyl sites for hydroxylation is 1. The lowest BCUT2D eigenvalue weighted by Crippen LogP contribution is -2.49. The van der Waals surface area contributed by atoms with Crippen LogP contribution in [0.4, 0.5) is 0 Å². The van der Waals surface area contributed by atoms with E-state index in [0.29, 0.717) is 24.7 Å². The van der Waals surface area contributed by atoms with Crippen LogP contribution in [-0.2, 0) is 13.0 Å². The normalized spacial score (nSPS) is 21.2. The molecule has 26 heavy (non-hydrogen) atoms. The summed E-state index contributed by atoms with van der Waals surface area (Å²) in [5.74, 6) is 1.72. The maximum Gasteiger partial charge on any atom is 0.229 e. The summed E-state index contributed by atoms with van der Waals surface area (Å²) in [5, 5.41) is 15.1. The van der Waals surface area contributed by atoms with Crippen LogP contribution in [0.3, 0.4) is 0 Å². The molecule has 0 saturated carbocycles. The molecule has 136 valence electrons. The second-order valence-electron chi connectivity index (χ2n) is 7.10. The van der Waals surface area contributed by atoms with E-state index in [1.165, 1.54) is 5.56 Å². The van der Waals surface area contributed by atoms with Crippen molar-refractivity contribution < 1.29 is 14.0 Å². The van der Waals surface area contributed by atoms with Gasteiger partial charge in [0.2, 0.25) is 11.7 Å². The largest absolute Gasteiger partial charge is 0.469 e. The quantitative estimate of drug-likeness (QED) is 0.759. The zero-order valence-electron chi connectivity index (χ0n) is 14.9. The van der Waals surface area contributed by atoms with Crippen molar-refractivity contribution in [3.63, 3.8) is 0 Å². The minimum Gasteiger partial charge on any atom is -0.469 e. The van der Waals surface area contributed by atoms with E-state index in [0.717, 1.165) is 37.3 Å². The molecule has 3 aromatic rings. The van der Waals surface area contributed by atoms with Crippen molar-refractivity contribution in [1.29, 1.82) is 0 Å². The highest BCUT2D eigenvalue weighted by Crippen LogP contribution is 2.27. The molecule has 1 atom stereocenters. The average Bonchev–Trinajstić information content (AvgIpc) is 3.24. The number of β-amino-alcohol motifs (C(OH)–C–C–N with tert-alkyl or cyclic N) is 1. The van der Waals surface area contributed by atoms with Gasteiger partial charge in [-0.1, -0.05) is 35.5 Å². The Balaban J connectivity index is 1.44. The third kappa shape index (κ3) is 3.71. The second kappa shape index (κ2) is 7.05. The summed E-state index contributed by atoms with van der Waals surface area (Å²) in [6, 6.07) is 12.2. The molecule has 1 aliphatic rings. The Hall–Kier alpha value is -2.44. The van der Waals surface area contributed by atoms with Crippen LogP contribution in [0, 0.1) is 6.92 Å². The molecule has 1 fully saturated rings. The lowest BCUT2D eigenvalue weighted by molar-refractivity contribution is -0.0373. The van der Waals surface area contributed by atoms with E-state index < -0.39 is 5.60 Å². The van der Waals surface area contributed by atoms with Crippen LogP contribution in [0.25, 0.3) is 11.4 Å². The number of hydrogen-bond acceptors (Lipinski definition) is 6. The minimum absolute atomic E-state index is 0.363. The molecule has 0 radical (unpaired) electrons. The van der Waals surface area contributed by atoms with Gasteiger partial charge in [0.05, 0.1) is 23.8 Å². The molecule has 1 saturated heterocycles. The minimum atomic E-state index is -0.845. The van der Waals surface area contributed by atoms with E-state index in [1.54, 1.807) is 6.26 Å². The number of aliphatic hydroxyl groups is 1. The SMILES string of the molecule is Cc1occc1-c1noc(CC2(O)CCCN(Cc3ccccc3)C2)n1. The molecule has 6 nitrogen and oxygen atoms in total. The summed E-state index contributed by atoms with van der Waals surface area (Å²) < 4.78 is 10.7. The molecule has 0 aliphatic carbocycles. The lowest BCUT2D eigenvalue weighted by atomic mass is 9.89. The van der Waals surface area contributed by atoms with E-state index in [1.807, 2.05) is 31.2 Å². The van der Waals surface area contributed by atoms with Crippen molar-refractivity contribution in [3.05, 3.63) is 59.9 Å². The van der Waals surface area contributed by atoms with E-state index in [2.05, 4.69) is 27.2 Å². The van der Waals surface area contributed by atoms with E-state index in [-0.39, 0.29) is 0 Å². The third-order valence-electron chi connectivity index (χ3n) is 4.93. The maximum absolute atomic E-state index is 11.1. The van der Waals surface area contributed by atoms with Crippen LogP contribution in [0.1, 0.15) is 30.1 Å². The Morgan fingerprint density at radius 2 is 2.08 bits per heavy atom. The first kappa shape index (κ1) is 17.0. The predicted molar refractivity (Wildman–Crippen MR) is 96.3 cm³/mol. The van der Waals surface area contributed by atoms with Crippen molar-refractivity contribution in [1.82, 2.24) is 15.0 Å². The van der Waals surface area contributed by atoms with Crippen LogP contribution < -0.4 is 0 Å². The van der Waals surface area contributed by atoms with Gasteiger partial charge >= 0.3 is 0 Å². The van der Waals surface area contributed by atoms with Gasteiger partial charge in [-0.25, -0.2) is 0 Å². The van der Waals surface area contributed by atoms with Crippen LogP contribution in [0.15, 0.2) is 51.6 Å². The number of aromatic nitrogens is 2. The third-order valence-corrected chi connectivity index (χ3v) is 4.93. The fourth-order valence-corrected chi connectivity index (χ4v) is 3.66. The Bertz CT molecular complexity index is 858. The van der Waals surface area contributed by atoms with Gasteiger partial charge in [-0.2, -0.15) is 4.98 Å². The number of nitrogens with zero attached hydrogens (tertiary/aromatic N) is 3. The lowest BCUT2D eigenvalue weighted by Gasteiger charge is -2.38. The van der Waals surface area contributed by atoms with Crippen molar-refractivity contribution in [2.75, 3.05) is 13.1 Å². The van der Waals surface area contributed by atoms with E-state index in [4.69, 9.17) is 8.94 Å². The molecular formula is C20H23N3O3. The molecule has 1 aliphatic heterocycles. The number of benzene rings is 1. The van der Waals surface area contributed by atoms with Crippen LogP contribution in [-0.4, -0.2) is 38.8 Å². The van der Waals surface area contributed by atoms with Crippen molar-refractivity contribution in [2.24, 2.45) is 0 Å². The molecule has 1 aromatic carbocycles. The molecule has 0 spiro atoms. The van der Waals surface area contributed by atoms with Gasteiger partial charge in [-0.15, -0.1) is 0 Å². The number of piperidine rings is 1. The topological polar surface area (TPSA) is 75.5 Å². The Morgan fingerprint density at radius 1 is 1.23 bits per heavy atom. The molecule has 0 bridgehead atoms. The maximum atomic E-state index is 11.1. The van der Waals surface area contributed by atoms with Gasteiger partial charge in [-0.05, 0) is 37.9 Å². The molecule has 4 rings (SSSR count). The van der Waals surface area contributed by atoms with Crippen molar-refractivity contribution >= 4 is 0 Å². The van der Waals surface area contributed by atoms with E-state index >= 15 is 0 Å². The Labute approximate surface area is 152 Å². The highest BCUT2D eigenvalue weighted by Gasteiger charge is 2.35. The number of rotatable bonds is 5. The number of hydrogen-bond donors (Lipinski definition) is 1. The molecule has 1 N–H and O–H groups in total. The van der Waals surface area contributed by atoms with Gasteiger partial charge in [0.15, 0.2) is 0 Å². The Kier molecular flexibility index (Phi) is 4.61. The highest BCUT2D eigenvalue weighted by atomic mass is 16.5. The van der Waals surface area contributed by atoms with Crippen LogP contribution in [0.5, 0.6) is 0 Å². The monoisotopic (exact) mass is 353 g/mol. The van der Waals surface area contributed by atoms with E-state index in [9.17, 15) is 5.11 Å². The smallest absolute Gasteiger partial charge is 0.229 e. The zero-order chi connectivity index (χ0) is 18.0. The number of furan rings is 1. The van der Waals surface area contributed by atoms with Crippen molar-refractivity contribution in [3.8, 4) is 11.4 Å². The predicted octanol–water partition coefficient (Wildman–Crippen LogP) is 3.21. The molecule has 2 aromatic heterocycles. The standard InChI is InChI=1S/C20H23N3O3/c1-15-17(8-11-25-15)19-21-18(26-22-19)12-20(24)9-5-10-23(14-20)13-16-6-3-2-4-7-16/h2-4,6-8,11,24H,5,9-10,12-14H2,1H3. The molecule has 6 heteroatoms. The van der Waals surface area contributed by atoms with Gasteiger partial charge in [0.1, 0.15) is 5.76 Å². The summed E-state index contributed by atoms with van der Waals surface area (Å²) in [5.41, 5.74) is 1.23. The van der Waals surface area contributed by atoms with Crippen molar-refractivity contribution in [2.45, 2.75) is 38.3 Å². The van der Waals surface area contributed by atoms with Gasteiger partial charge < -0.3 is 14.0 Å². The summed E-state index contributed by atoms with van der Waals surface area (Å²) >= 11 is 0.